The van der Waals surface area contributed by atoms with Crippen LogP contribution in [0.4, 0.5) is 11.4 Å². The molecule has 3 rings (SSSR count). The number of nitrogens with one attached hydrogen (secondary N) is 2. The molecule has 120 valence electrons. The van der Waals surface area contributed by atoms with Crippen LogP contribution in [0.5, 0.6) is 5.75 Å². The number of hydrogen-bond donors (Lipinski definition) is 2. The van der Waals surface area contributed by atoms with Crippen molar-refractivity contribution in [1.82, 2.24) is 0 Å². The predicted octanol–water partition coefficient (Wildman–Crippen LogP) is 5.17. The topological polar surface area (TPSA) is 33.3 Å². The number of para-hydroxylation sites is 1. The van der Waals surface area contributed by atoms with Gasteiger partial charge >= 0.3 is 0 Å². The Morgan fingerprint density at radius 2 is 1.46 bits per heavy atom. The van der Waals surface area contributed by atoms with Gasteiger partial charge in [-0.3, -0.25) is 0 Å². The van der Waals surface area contributed by atoms with Crippen molar-refractivity contribution in [2.45, 2.75) is 0 Å². The number of methoxy groups -OCH3 is 1. The molecule has 0 saturated carbocycles. The maximum absolute atomic E-state index is 5.44. The molecule has 0 fully saturated rings. The van der Waals surface area contributed by atoms with E-state index in [9.17, 15) is 0 Å². The third-order valence-corrected chi connectivity index (χ3v) is 3.81. The van der Waals surface area contributed by atoms with Gasteiger partial charge in [-0.25, -0.2) is 0 Å². The summed E-state index contributed by atoms with van der Waals surface area (Å²) in [6.07, 6.45) is 0. The van der Waals surface area contributed by atoms with Crippen molar-refractivity contribution in [2.75, 3.05) is 17.7 Å². The standard InChI is InChI=1S/C20H18N2OS/c1-23-17-13-11-16(12-14-17)21-20(24)22-19-10-6-5-9-18(19)15-7-3-2-4-8-15/h2-14H,1H3,(H2,21,22,24). The van der Waals surface area contributed by atoms with E-state index in [2.05, 4.69) is 28.8 Å². The fraction of sp³-hybridized carbons (Fsp3) is 0.0500. The van der Waals surface area contributed by atoms with Gasteiger partial charge in [0.05, 0.1) is 7.11 Å². The summed E-state index contributed by atoms with van der Waals surface area (Å²) in [6, 6.07) is 26.0. The van der Waals surface area contributed by atoms with Gasteiger partial charge in [0.1, 0.15) is 5.75 Å². The SMILES string of the molecule is COc1ccc(NC(=S)Nc2ccccc2-c2ccccc2)cc1. The Hall–Kier alpha value is -2.85. The van der Waals surface area contributed by atoms with Crippen molar-refractivity contribution in [1.29, 1.82) is 0 Å². The molecule has 0 aromatic heterocycles. The van der Waals surface area contributed by atoms with E-state index in [1.54, 1.807) is 7.11 Å². The van der Waals surface area contributed by atoms with E-state index in [4.69, 9.17) is 17.0 Å². The lowest BCUT2D eigenvalue weighted by molar-refractivity contribution is 0.415. The van der Waals surface area contributed by atoms with E-state index >= 15 is 0 Å². The van der Waals surface area contributed by atoms with Crippen LogP contribution in [0, 0.1) is 0 Å². The molecule has 0 aliphatic carbocycles. The van der Waals surface area contributed by atoms with Crippen molar-refractivity contribution in [3.05, 3.63) is 78.9 Å². The van der Waals surface area contributed by atoms with Crippen LogP contribution in [0.15, 0.2) is 78.9 Å². The van der Waals surface area contributed by atoms with Gasteiger partial charge in [-0.15, -0.1) is 0 Å². The van der Waals surface area contributed by atoms with Crippen molar-refractivity contribution in [3.8, 4) is 16.9 Å². The average molecular weight is 334 g/mol. The molecule has 0 amide bonds. The Morgan fingerprint density at radius 3 is 2.17 bits per heavy atom. The van der Waals surface area contributed by atoms with Crippen LogP contribution >= 0.6 is 12.2 Å². The monoisotopic (exact) mass is 334 g/mol. The summed E-state index contributed by atoms with van der Waals surface area (Å²) in [5.41, 5.74) is 4.13. The first-order valence-corrected chi connectivity index (χ1v) is 8.03. The summed E-state index contributed by atoms with van der Waals surface area (Å²) < 4.78 is 5.16. The van der Waals surface area contributed by atoms with Gasteiger partial charge in [-0.1, -0.05) is 48.5 Å². The minimum absolute atomic E-state index is 0.545. The van der Waals surface area contributed by atoms with Crippen LogP contribution in [0.25, 0.3) is 11.1 Å². The fourth-order valence-electron chi connectivity index (χ4n) is 2.42. The first-order valence-electron chi connectivity index (χ1n) is 7.63. The zero-order valence-corrected chi connectivity index (χ0v) is 14.1. The second-order valence-corrected chi connectivity index (χ2v) is 5.63. The molecule has 0 saturated heterocycles. The summed E-state index contributed by atoms with van der Waals surface area (Å²) in [6.45, 7) is 0. The lowest BCUT2D eigenvalue weighted by Crippen LogP contribution is -2.19. The lowest BCUT2D eigenvalue weighted by atomic mass is 10.0. The molecule has 3 nitrogen and oxygen atoms in total. The molecular formula is C20H18N2OS. The number of rotatable bonds is 4. The van der Waals surface area contributed by atoms with Gasteiger partial charge in [0.25, 0.3) is 0 Å². The second kappa shape index (κ2) is 7.62. The van der Waals surface area contributed by atoms with E-state index < -0.39 is 0 Å². The number of hydrogen-bond acceptors (Lipinski definition) is 2. The Morgan fingerprint density at radius 1 is 0.792 bits per heavy atom. The van der Waals surface area contributed by atoms with Crippen LogP contribution in [-0.2, 0) is 0 Å². The highest BCUT2D eigenvalue weighted by Crippen LogP contribution is 2.27. The number of anilines is 2. The normalized spacial score (nSPS) is 10.0. The molecule has 0 atom stereocenters. The molecule has 0 bridgehead atoms. The number of benzene rings is 3. The fourth-order valence-corrected chi connectivity index (χ4v) is 2.65. The first kappa shape index (κ1) is 16.0. The Kier molecular flexibility index (Phi) is 5.08. The smallest absolute Gasteiger partial charge is 0.175 e. The molecule has 0 aliphatic heterocycles. The maximum atomic E-state index is 5.44. The average Bonchev–Trinajstić information content (AvgIpc) is 2.63. The zero-order valence-electron chi connectivity index (χ0n) is 13.3. The Bertz CT molecular complexity index is 817. The van der Waals surface area contributed by atoms with Gasteiger partial charge in [0, 0.05) is 16.9 Å². The third kappa shape index (κ3) is 3.91. The molecule has 0 unspecified atom stereocenters. The predicted molar refractivity (Wildman–Crippen MR) is 105 cm³/mol. The summed E-state index contributed by atoms with van der Waals surface area (Å²) in [7, 11) is 1.65. The first-order chi connectivity index (χ1) is 11.8. The van der Waals surface area contributed by atoms with E-state index in [1.165, 1.54) is 0 Å². The van der Waals surface area contributed by atoms with Crippen LogP contribution in [0.3, 0.4) is 0 Å². The lowest BCUT2D eigenvalue weighted by Gasteiger charge is -2.14. The molecule has 0 spiro atoms. The minimum atomic E-state index is 0.545. The molecular weight excluding hydrogens is 316 g/mol. The van der Waals surface area contributed by atoms with Gasteiger partial charge < -0.3 is 15.4 Å². The quantitative estimate of drug-likeness (QED) is 0.645. The van der Waals surface area contributed by atoms with Crippen LogP contribution in [0.1, 0.15) is 0 Å². The third-order valence-electron chi connectivity index (χ3n) is 3.61. The van der Waals surface area contributed by atoms with E-state index in [0.29, 0.717) is 5.11 Å². The van der Waals surface area contributed by atoms with Crippen molar-refractivity contribution in [3.63, 3.8) is 0 Å². The highest BCUT2D eigenvalue weighted by molar-refractivity contribution is 7.80. The van der Waals surface area contributed by atoms with Gasteiger partial charge in [0.15, 0.2) is 5.11 Å². The summed E-state index contributed by atoms with van der Waals surface area (Å²) >= 11 is 5.44. The van der Waals surface area contributed by atoms with Crippen LogP contribution < -0.4 is 15.4 Å². The van der Waals surface area contributed by atoms with Gasteiger partial charge in [0.2, 0.25) is 0 Å². The molecule has 2 N–H and O–H groups in total. The molecule has 3 aromatic rings. The van der Waals surface area contributed by atoms with Crippen molar-refractivity contribution in [2.24, 2.45) is 0 Å². The van der Waals surface area contributed by atoms with E-state index in [-0.39, 0.29) is 0 Å². The summed E-state index contributed by atoms with van der Waals surface area (Å²) in [5.74, 6) is 0.814. The minimum Gasteiger partial charge on any atom is -0.497 e. The van der Waals surface area contributed by atoms with E-state index in [1.807, 2.05) is 60.7 Å². The van der Waals surface area contributed by atoms with Crippen LogP contribution in [-0.4, -0.2) is 12.2 Å². The molecule has 0 heterocycles. The maximum Gasteiger partial charge on any atom is 0.175 e. The molecule has 0 aliphatic rings. The summed E-state index contributed by atoms with van der Waals surface area (Å²) in [4.78, 5) is 0. The van der Waals surface area contributed by atoms with Crippen molar-refractivity contribution < 1.29 is 4.74 Å². The number of thiocarbonyl (C=S) groups is 1. The largest absolute Gasteiger partial charge is 0.497 e. The number of ether oxygens (including phenoxy) is 1. The Balaban J connectivity index is 1.75. The molecule has 24 heavy (non-hydrogen) atoms. The van der Waals surface area contributed by atoms with Crippen molar-refractivity contribution >= 4 is 28.7 Å². The Labute approximate surface area is 147 Å². The molecule has 3 aromatic carbocycles. The van der Waals surface area contributed by atoms with Gasteiger partial charge in [-0.05, 0) is 48.1 Å². The highest BCUT2D eigenvalue weighted by Gasteiger charge is 2.06. The van der Waals surface area contributed by atoms with Crippen LogP contribution in [0.2, 0.25) is 0 Å². The summed E-state index contributed by atoms with van der Waals surface area (Å²) in [5, 5.41) is 7.01. The molecule has 4 heteroatoms. The second-order valence-electron chi connectivity index (χ2n) is 5.22. The molecule has 0 radical (unpaired) electrons. The van der Waals surface area contributed by atoms with E-state index in [0.717, 1.165) is 28.3 Å². The zero-order chi connectivity index (χ0) is 16.8. The highest BCUT2D eigenvalue weighted by atomic mass is 32.1. The van der Waals surface area contributed by atoms with Gasteiger partial charge in [-0.2, -0.15) is 0 Å².